The molecule has 1 saturated heterocycles. The van der Waals surface area contributed by atoms with Gasteiger partial charge in [0.05, 0.1) is 28.3 Å². The van der Waals surface area contributed by atoms with Gasteiger partial charge in [0, 0.05) is 36.1 Å². The first-order chi connectivity index (χ1) is 15.7. The van der Waals surface area contributed by atoms with Gasteiger partial charge in [0.2, 0.25) is 10.0 Å². The second-order valence-corrected chi connectivity index (χ2v) is 11.8. The van der Waals surface area contributed by atoms with Crippen LogP contribution in [0.15, 0.2) is 42.6 Å². The van der Waals surface area contributed by atoms with Gasteiger partial charge < -0.3 is 10.7 Å². The summed E-state index contributed by atoms with van der Waals surface area (Å²) < 4.78 is 39.9. The molecule has 0 spiro atoms. The first-order valence-corrected chi connectivity index (χ1v) is 14.0. The topological polar surface area (TPSA) is 125 Å². The largest absolute Gasteiger partial charge is 0.366 e. The summed E-state index contributed by atoms with van der Waals surface area (Å²) in [6.07, 6.45) is 4.80. The summed E-state index contributed by atoms with van der Waals surface area (Å²) in [5.74, 6) is 0.364. The first kappa shape index (κ1) is 23.5. The number of fused-ring (bicyclic) bond motifs is 1. The van der Waals surface area contributed by atoms with Crippen LogP contribution >= 0.6 is 0 Å². The number of hydrogen-bond donors (Lipinski definition) is 3. The normalized spacial score (nSPS) is 16.7. The summed E-state index contributed by atoms with van der Waals surface area (Å²) in [5.41, 5.74) is 9.90. The lowest BCUT2D eigenvalue weighted by molar-refractivity contribution is 0.100. The SMILES string of the molecule is CCS(=O)N1CCC(c2c[nH]c3c(C(N)=O)cc(-c4cccc(NS(C)(=O)=O)c4)cc23)CC1. The van der Waals surface area contributed by atoms with Crippen molar-refractivity contribution in [2.45, 2.75) is 25.7 Å². The van der Waals surface area contributed by atoms with Crippen molar-refractivity contribution in [1.29, 1.82) is 0 Å². The molecular weight excluding hydrogens is 460 g/mol. The van der Waals surface area contributed by atoms with Crippen molar-refractivity contribution in [3.63, 3.8) is 0 Å². The highest BCUT2D eigenvalue weighted by Crippen LogP contribution is 2.37. The van der Waals surface area contributed by atoms with Crippen LogP contribution in [0.4, 0.5) is 5.69 Å². The minimum absolute atomic E-state index is 0.276. The Morgan fingerprint density at radius 2 is 1.94 bits per heavy atom. The van der Waals surface area contributed by atoms with Crippen LogP contribution in [0.5, 0.6) is 0 Å². The van der Waals surface area contributed by atoms with Gasteiger partial charge in [-0.1, -0.05) is 19.1 Å². The molecule has 0 radical (unpaired) electrons. The second kappa shape index (κ2) is 9.28. The van der Waals surface area contributed by atoms with E-state index < -0.39 is 26.9 Å². The predicted octanol–water partition coefficient (Wildman–Crippen LogP) is 3.17. The monoisotopic (exact) mass is 488 g/mol. The maximum absolute atomic E-state index is 12.3. The highest BCUT2D eigenvalue weighted by atomic mass is 32.2. The molecule has 0 bridgehead atoms. The third kappa shape index (κ3) is 5.13. The third-order valence-corrected chi connectivity index (χ3v) is 8.06. The van der Waals surface area contributed by atoms with Gasteiger partial charge in [-0.05, 0) is 59.7 Å². The number of amides is 1. The van der Waals surface area contributed by atoms with Crippen LogP contribution in [-0.4, -0.2) is 52.9 Å². The molecule has 4 rings (SSSR count). The molecule has 10 heteroatoms. The summed E-state index contributed by atoms with van der Waals surface area (Å²) >= 11 is 0. The predicted molar refractivity (Wildman–Crippen MR) is 133 cm³/mol. The maximum Gasteiger partial charge on any atom is 0.250 e. The van der Waals surface area contributed by atoms with E-state index in [1.165, 1.54) is 0 Å². The zero-order chi connectivity index (χ0) is 23.8. The van der Waals surface area contributed by atoms with E-state index in [0.717, 1.165) is 54.3 Å². The first-order valence-electron chi connectivity index (χ1n) is 10.8. The number of primary amides is 1. The molecule has 1 unspecified atom stereocenters. The van der Waals surface area contributed by atoms with Crippen molar-refractivity contribution in [2.75, 3.05) is 29.8 Å². The van der Waals surface area contributed by atoms with Crippen LogP contribution in [0.1, 0.15) is 41.6 Å². The van der Waals surface area contributed by atoms with Gasteiger partial charge in [0.1, 0.15) is 0 Å². The minimum Gasteiger partial charge on any atom is -0.366 e. The molecule has 1 aliphatic rings. The van der Waals surface area contributed by atoms with Crippen molar-refractivity contribution in [3.8, 4) is 11.1 Å². The maximum atomic E-state index is 12.3. The van der Waals surface area contributed by atoms with E-state index in [0.29, 0.717) is 22.5 Å². The van der Waals surface area contributed by atoms with E-state index in [1.807, 2.05) is 29.6 Å². The summed E-state index contributed by atoms with van der Waals surface area (Å²) in [7, 11) is -4.35. The Hall–Kier alpha value is -2.69. The minimum atomic E-state index is -3.41. The van der Waals surface area contributed by atoms with Gasteiger partial charge in [-0.25, -0.2) is 16.9 Å². The smallest absolute Gasteiger partial charge is 0.250 e. The van der Waals surface area contributed by atoms with Crippen LogP contribution in [0.25, 0.3) is 22.0 Å². The van der Waals surface area contributed by atoms with Crippen LogP contribution in [0.2, 0.25) is 0 Å². The molecule has 2 heterocycles. The molecule has 1 atom stereocenters. The van der Waals surface area contributed by atoms with Crippen molar-refractivity contribution >= 4 is 43.5 Å². The molecule has 3 aromatic rings. The van der Waals surface area contributed by atoms with E-state index in [4.69, 9.17) is 5.73 Å². The molecule has 4 N–H and O–H groups in total. The van der Waals surface area contributed by atoms with E-state index >= 15 is 0 Å². The molecule has 8 nitrogen and oxygen atoms in total. The fourth-order valence-electron chi connectivity index (χ4n) is 4.48. The van der Waals surface area contributed by atoms with Crippen LogP contribution < -0.4 is 10.5 Å². The Kier molecular flexibility index (Phi) is 6.60. The molecule has 2 aromatic carbocycles. The van der Waals surface area contributed by atoms with Gasteiger partial charge in [-0.3, -0.25) is 9.52 Å². The number of nitrogens with two attached hydrogens (primary N) is 1. The summed E-state index contributed by atoms with van der Waals surface area (Å²) in [6, 6.07) is 10.8. The average Bonchev–Trinajstić information content (AvgIpc) is 3.21. The van der Waals surface area contributed by atoms with Gasteiger partial charge in [0.25, 0.3) is 5.91 Å². The Balaban J connectivity index is 1.74. The number of benzene rings is 2. The lowest BCUT2D eigenvalue weighted by atomic mass is 9.88. The zero-order valence-corrected chi connectivity index (χ0v) is 20.3. The number of aromatic nitrogens is 1. The number of nitrogens with one attached hydrogen (secondary N) is 2. The number of rotatable bonds is 7. The number of anilines is 1. The Morgan fingerprint density at radius 3 is 2.58 bits per heavy atom. The van der Waals surface area contributed by atoms with Crippen LogP contribution in [0.3, 0.4) is 0 Å². The van der Waals surface area contributed by atoms with E-state index in [-0.39, 0.29) is 5.92 Å². The van der Waals surface area contributed by atoms with Gasteiger partial charge >= 0.3 is 0 Å². The van der Waals surface area contributed by atoms with E-state index in [9.17, 15) is 17.4 Å². The quantitative estimate of drug-likeness (QED) is 0.472. The number of piperidine rings is 1. The molecule has 176 valence electrons. The fourth-order valence-corrected chi connectivity index (χ4v) is 6.02. The zero-order valence-electron chi connectivity index (χ0n) is 18.6. The number of sulfonamides is 1. The van der Waals surface area contributed by atoms with Crippen LogP contribution in [-0.2, 0) is 21.0 Å². The summed E-state index contributed by atoms with van der Waals surface area (Å²) in [6.45, 7) is 3.45. The third-order valence-electron chi connectivity index (χ3n) is 6.01. The number of carbonyl (C=O) groups is 1. The summed E-state index contributed by atoms with van der Waals surface area (Å²) in [5, 5.41) is 0.929. The lowest BCUT2D eigenvalue weighted by Crippen LogP contribution is -2.35. The van der Waals surface area contributed by atoms with Gasteiger partial charge in [0.15, 0.2) is 0 Å². The molecule has 1 aliphatic heterocycles. The van der Waals surface area contributed by atoms with Crippen molar-refractivity contribution in [3.05, 3.63) is 53.7 Å². The fraction of sp³-hybridized carbons (Fsp3) is 0.348. The number of nitrogens with zero attached hydrogens (tertiary/aromatic N) is 1. The molecule has 1 aromatic heterocycles. The molecule has 0 aliphatic carbocycles. The van der Waals surface area contributed by atoms with Crippen LogP contribution in [0, 0.1) is 0 Å². The van der Waals surface area contributed by atoms with Crippen molar-refractivity contribution in [1.82, 2.24) is 9.29 Å². The lowest BCUT2D eigenvalue weighted by Gasteiger charge is -2.30. The molecule has 1 fully saturated rings. The highest BCUT2D eigenvalue weighted by molar-refractivity contribution is 7.92. The number of aromatic amines is 1. The number of hydrogen-bond acceptors (Lipinski definition) is 4. The Morgan fingerprint density at radius 1 is 1.21 bits per heavy atom. The standard InChI is InChI=1S/C23H28N4O4S2/c1-3-32(29)27-9-7-15(8-10-27)21-14-25-22-19(21)12-17(13-20(22)23(24)28)16-5-4-6-18(11-16)26-33(2,30)31/h4-6,11-15,25-26H,3,7-10H2,1-2H3,(H2,24,28). The second-order valence-electron chi connectivity index (χ2n) is 8.32. The Labute approximate surface area is 196 Å². The van der Waals surface area contributed by atoms with Gasteiger partial charge in [-0.15, -0.1) is 0 Å². The molecule has 0 saturated carbocycles. The Bertz CT molecular complexity index is 1330. The van der Waals surface area contributed by atoms with Crippen molar-refractivity contribution < 1.29 is 17.4 Å². The number of carbonyl (C=O) groups excluding carboxylic acids is 1. The molecule has 1 amide bonds. The van der Waals surface area contributed by atoms with Gasteiger partial charge in [-0.2, -0.15) is 0 Å². The highest BCUT2D eigenvalue weighted by Gasteiger charge is 2.26. The van der Waals surface area contributed by atoms with E-state index in [1.54, 1.807) is 24.3 Å². The van der Waals surface area contributed by atoms with E-state index in [2.05, 4.69) is 9.71 Å². The van der Waals surface area contributed by atoms with Crippen molar-refractivity contribution in [2.24, 2.45) is 5.73 Å². The molecule has 33 heavy (non-hydrogen) atoms. The summed E-state index contributed by atoms with van der Waals surface area (Å²) in [4.78, 5) is 15.5. The molecular formula is C23H28N4O4S2. The number of H-pyrrole nitrogens is 1. The average molecular weight is 489 g/mol.